The van der Waals surface area contributed by atoms with Gasteiger partial charge in [-0.05, 0) is 67.1 Å². The standard InChI is InChI=1S/C23H34O3/c1-20-9-10-23(25-13-14-26-23)15-16(20)3-4-17-18(20)5-7-21(2)19(17)6-8-22(21)11-12-24-22/h3,17-19H,4-15H2,1-2H3/t17?,18?,19?,20-,21-,22+/m0/s1. The predicted octanol–water partition coefficient (Wildman–Crippen LogP) is 4.85. The molecule has 0 aromatic carbocycles. The van der Waals surface area contributed by atoms with Crippen LogP contribution >= 0.6 is 0 Å². The molecular formula is C23H34O3. The van der Waals surface area contributed by atoms with Gasteiger partial charge in [-0.1, -0.05) is 25.5 Å². The summed E-state index contributed by atoms with van der Waals surface area (Å²) in [5.41, 5.74) is 2.71. The fourth-order valence-corrected chi connectivity index (χ4v) is 8.44. The average Bonchev–Trinajstić information content (AvgIpc) is 3.17. The number of ether oxygens (including phenoxy) is 3. The van der Waals surface area contributed by atoms with Crippen LogP contribution in [0.15, 0.2) is 11.6 Å². The van der Waals surface area contributed by atoms with Crippen LogP contribution < -0.4 is 0 Å². The molecule has 0 amide bonds. The van der Waals surface area contributed by atoms with Crippen molar-refractivity contribution in [3.63, 3.8) is 0 Å². The number of hydrogen-bond donors (Lipinski definition) is 0. The summed E-state index contributed by atoms with van der Waals surface area (Å²) in [6.07, 6.45) is 14.0. The fourth-order valence-electron chi connectivity index (χ4n) is 8.44. The molecule has 2 heterocycles. The van der Waals surface area contributed by atoms with Crippen molar-refractivity contribution in [3.05, 3.63) is 11.6 Å². The van der Waals surface area contributed by atoms with Crippen molar-refractivity contribution in [2.45, 2.75) is 83.0 Å². The van der Waals surface area contributed by atoms with E-state index in [2.05, 4.69) is 19.9 Å². The number of rotatable bonds is 0. The molecule has 144 valence electrons. The minimum atomic E-state index is -0.279. The molecule has 0 bridgehead atoms. The number of allylic oxidation sites excluding steroid dienone is 1. The van der Waals surface area contributed by atoms with E-state index >= 15 is 0 Å². The minimum absolute atomic E-state index is 0.246. The summed E-state index contributed by atoms with van der Waals surface area (Å²) in [5.74, 6) is 2.31. The highest BCUT2D eigenvalue weighted by atomic mass is 16.7. The Hall–Kier alpha value is -0.380. The van der Waals surface area contributed by atoms with E-state index in [1.54, 1.807) is 5.57 Å². The minimum Gasteiger partial charge on any atom is -0.374 e. The van der Waals surface area contributed by atoms with Gasteiger partial charge in [-0.25, -0.2) is 0 Å². The SMILES string of the molecule is C[C@]12CCC3(CC1=CCC1C2CC[C@@]2(C)C1CC[C@@]21CCO1)OCCO3. The molecule has 6 atom stereocenters. The molecule has 6 rings (SSSR count). The first-order valence-electron chi connectivity index (χ1n) is 11.1. The van der Waals surface area contributed by atoms with Gasteiger partial charge in [0.2, 0.25) is 0 Å². The zero-order chi connectivity index (χ0) is 17.6. The van der Waals surface area contributed by atoms with Crippen molar-refractivity contribution in [1.29, 1.82) is 0 Å². The van der Waals surface area contributed by atoms with Crippen LogP contribution in [0, 0.1) is 28.6 Å². The first-order chi connectivity index (χ1) is 12.5. The Labute approximate surface area is 157 Å². The summed E-state index contributed by atoms with van der Waals surface area (Å²) in [7, 11) is 0. The van der Waals surface area contributed by atoms with Gasteiger partial charge in [0.15, 0.2) is 5.79 Å². The molecule has 0 radical (unpaired) electrons. The third kappa shape index (κ3) is 1.86. The van der Waals surface area contributed by atoms with Gasteiger partial charge in [0, 0.05) is 19.3 Å². The van der Waals surface area contributed by atoms with Crippen LogP contribution in [0.1, 0.15) is 71.6 Å². The lowest BCUT2D eigenvalue weighted by Crippen LogP contribution is -2.59. The fraction of sp³-hybridized carbons (Fsp3) is 0.913. The second-order valence-corrected chi connectivity index (χ2v) is 10.6. The van der Waals surface area contributed by atoms with Crippen molar-refractivity contribution in [3.8, 4) is 0 Å². The molecule has 2 saturated heterocycles. The molecule has 26 heavy (non-hydrogen) atoms. The maximum Gasteiger partial charge on any atom is 0.172 e. The molecular weight excluding hydrogens is 324 g/mol. The zero-order valence-electron chi connectivity index (χ0n) is 16.5. The summed E-state index contributed by atoms with van der Waals surface area (Å²) >= 11 is 0. The Morgan fingerprint density at radius 1 is 0.846 bits per heavy atom. The maximum absolute atomic E-state index is 6.28. The van der Waals surface area contributed by atoms with Gasteiger partial charge in [0.05, 0.1) is 25.4 Å². The summed E-state index contributed by atoms with van der Waals surface area (Å²) in [4.78, 5) is 0. The lowest BCUT2D eigenvalue weighted by molar-refractivity contribution is -0.228. The maximum atomic E-state index is 6.28. The van der Waals surface area contributed by atoms with Crippen LogP contribution in [0.5, 0.6) is 0 Å². The normalized spacial score (nSPS) is 54.4. The van der Waals surface area contributed by atoms with Crippen molar-refractivity contribution < 1.29 is 14.2 Å². The van der Waals surface area contributed by atoms with E-state index in [0.29, 0.717) is 10.8 Å². The molecule has 4 aliphatic carbocycles. The van der Waals surface area contributed by atoms with Crippen molar-refractivity contribution in [2.75, 3.05) is 19.8 Å². The van der Waals surface area contributed by atoms with Gasteiger partial charge in [-0.3, -0.25) is 0 Å². The molecule has 3 unspecified atom stereocenters. The molecule has 0 aromatic heterocycles. The summed E-state index contributed by atoms with van der Waals surface area (Å²) in [6, 6.07) is 0. The van der Waals surface area contributed by atoms with Gasteiger partial charge in [-0.2, -0.15) is 0 Å². The Morgan fingerprint density at radius 3 is 2.35 bits per heavy atom. The molecule has 3 nitrogen and oxygen atoms in total. The van der Waals surface area contributed by atoms with E-state index in [0.717, 1.165) is 50.4 Å². The quantitative estimate of drug-likeness (QED) is 0.579. The lowest BCUT2D eigenvalue weighted by atomic mass is 9.46. The lowest BCUT2D eigenvalue weighted by Gasteiger charge is -2.61. The Morgan fingerprint density at radius 2 is 1.62 bits per heavy atom. The monoisotopic (exact) mass is 358 g/mol. The Kier molecular flexibility index (Phi) is 3.28. The van der Waals surface area contributed by atoms with E-state index in [4.69, 9.17) is 14.2 Å². The first-order valence-corrected chi connectivity index (χ1v) is 11.1. The van der Waals surface area contributed by atoms with Gasteiger partial charge in [0.25, 0.3) is 0 Å². The van der Waals surface area contributed by atoms with E-state index in [1.807, 2.05) is 0 Å². The summed E-state index contributed by atoms with van der Waals surface area (Å²) in [5, 5.41) is 0. The predicted molar refractivity (Wildman–Crippen MR) is 99.6 cm³/mol. The van der Waals surface area contributed by atoms with Gasteiger partial charge in [0.1, 0.15) is 0 Å². The first kappa shape index (κ1) is 16.6. The topological polar surface area (TPSA) is 27.7 Å². The van der Waals surface area contributed by atoms with Crippen LogP contribution in [-0.4, -0.2) is 31.2 Å². The van der Waals surface area contributed by atoms with E-state index in [1.165, 1.54) is 44.9 Å². The van der Waals surface area contributed by atoms with E-state index in [-0.39, 0.29) is 11.4 Å². The molecule has 5 fully saturated rings. The number of hydrogen-bond acceptors (Lipinski definition) is 3. The third-order valence-corrected chi connectivity index (χ3v) is 10.1. The third-order valence-electron chi connectivity index (χ3n) is 10.1. The molecule has 3 heteroatoms. The molecule has 3 saturated carbocycles. The van der Waals surface area contributed by atoms with Gasteiger partial charge in [-0.15, -0.1) is 0 Å². The molecule has 6 aliphatic rings. The smallest absolute Gasteiger partial charge is 0.172 e. The largest absolute Gasteiger partial charge is 0.374 e. The zero-order valence-corrected chi connectivity index (χ0v) is 16.5. The van der Waals surface area contributed by atoms with Crippen molar-refractivity contribution in [2.24, 2.45) is 28.6 Å². The second-order valence-electron chi connectivity index (χ2n) is 10.6. The average molecular weight is 359 g/mol. The molecule has 2 spiro atoms. The highest BCUT2D eigenvalue weighted by Gasteiger charge is 2.66. The van der Waals surface area contributed by atoms with Gasteiger partial charge >= 0.3 is 0 Å². The van der Waals surface area contributed by atoms with E-state index < -0.39 is 0 Å². The van der Waals surface area contributed by atoms with Crippen LogP contribution in [0.3, 0.4) is 0 Å². The molecule has 2 aliphatic heterocycles. The van der Waals surface area contributed by atoms with Crippen LogP contribution in [0.2, 0.25) is 0 Å². The summed E-state index contributed by atoms with van der Waals surface area (Å²) in [6.45, 7) is 7.71. The number of fused-ring (bicyclic) bond motifs is 6. The van der Waals surface area contributed by atoms with Crippen molar-refractivity contribution >= 4 is 0 Å². The Bertz CT molecular complexity index is 644. The highest BCUT2D eigenvalue weighted by molar-refractivity contribution is 5.27. The van der Waals surface area contributed by atoms with Crippen LogP contribution in [-0.2, 0) is 14.2 Å². The van der Waals surface area contributed by atoms with Gasteiger partial charge < -0.3 is 14.2 Å². The Balaban J connectivity index is 1.32. The van der Waals surface area contributed by atoms with E-state index in [9.17, 15) is 0 Å². The molecule has 0 aromatic rings. The second kappa shape index (κ2) is 5.15. The van der Waals surface area contributed by atoms with Crippen molar-refractivity contribution in [1.82, 2.24) is 0 Å². The van der Waals surface area contributed by atoms with Crippen LogP contribution in [0.25, 0.3) is 0 Å². The highest BCUT2D eigenvalue weighted by Crippen LogP contribution is 2.70. The summed E-state index contributed by atoms with van der Waals surface area (Å²) < 4.78 is 18.4. The van der Waals surface area contributed by atoms with Crippen LogP contribution in [0.4, 0.5) is 0 Å². The molecule has 0 N–H and O–H groups in total.